The van der Waals surface area contributed by atoms with E-state index < -0.39 is 12.1 Å². The summed E-state index contributed by atoms with van der Waals surface area (Å²) in [6.45, 7) is 4.04. The van der Waals surface area contributed by atoms with E-state index in [1.54, 1.807) is 24.3 Å². The van der Waals surface area contributed by atoms with Crippen LogP contribution in [-0.4, -0.2) is 41.6 Å². The highest BCUT2D eigenvalue weighted by molar-refractivity contribution is 5.71. The molecular weight excluding hydrogens is 248 g/mol. The van der Waals surface area contributed by atoms with Gasteiger partial charge in [-0.25, -0.2) is 0 Å². The van der Waals surface area contributed by atoms with Crippen LogP contribution < -0.4 is 4.74 Å². The number of rotatable bonds is 8. The first kappa shape index (κ1) is 15.5. The quantitative estimate of drug-likeness (QED) is 0.747. The predicted molar refractivity (Wildman–Crippen MR) is 70.4 cm³/mol. The molecule has 1 rings (SSSR count). The van der Waals surface area contributed by atoms with Crippen molar-refractivity contribution in [1.82, 2.24) is 0 Å². The second kappa shape index (κ2) is 7.76. The van der Waals surface area contributed by atoms with Gasteiger partial charge in [-0.2, -0.15) is 0 Å². The van der Waals surface area contributed by atoms with Crippen LogP contribution in [0.1, 0.15) is 19.4 Å². The van der Waals surface area contributed by atoms with Crippen molar-refractivity contribution < 1.29 is 24.5 Å². The smallest absolute Gasteiger partial charge is 0.307 e. The van der Waals surface area contributed by atoms with Gasteiger partial charge in [-0.1, -0.05) is 18.2 Å². The minimum absolute atomic E-state index is 0.0500. The summed E-state index contributed by atoms with van der Waals surface area (Å²) in [4.78, 5) is 10.7. The molecule has 0 radical (unpaired) electrons. The van der Waals surface area contributed by atoms with Gasteiger partial charge in [-0.3, -0.25) is 4.79 Å². The fourth-order valence-corrected chi connectivity index (χ4v) is 1.49. The molecule has 0 saturated heterocycles. The third-order valence-corrected chi connectivity index (χ3v) is 2.37. The molecule has 0 aliphatic rings. The molecule has 0 spiro atoms. The number of aliphatic hydroxyl groups excluding tert-OH is 1. The van der Waals surface area contributed by atoms with E-state index >= 15 is 0 Å². The van der Waals surface area contributed by atoms with Crippen LogP contribution in [0.5, 0.6) is 5.75 Å². The van der Waals surface area contributed by atoms with E-state index in [1.807, 2.05) is 13.8 Å². The van der Waals surface area contributed by atoms with Gasteiger partial charge < -0.3 is 19.7 Å². The van der Waals surface area contributed by atoms with Gasteiger partial charge in [0.2, 0.25) is 0 Å². The molecule has 5 heteroatoms. The summed E-state index contributed by atoms with van der Waals surface area (Å²) in [5.74, 6) is -0.437. The zero-order valence-electron chi connectivity index (χ0n) is 11.2. The normalized spacial score (nSPS) is 12.4. The fraction of sp³-hybridized carbons (Fsp3) is 0.500. The Kier molecular flexibility index (Phi) is 6.32. The molecule has 19 heavy (non-hydrogen) atoms. The average Bonchev–Trinajstić information content (AvgIpc) is 2.34. The highest BCUT2D eigenvalue weighted by Gasteiger charge is 2.10. The lowest BCUT2D eigenvalue weighted by atomic mass is 10.1. The molecule has 5 nitrogen and oxygen atoms in total. The van der Waals surface area contributed by atoms with E-state index in [9.17, 15) is 9.90 Å². The number of carboxylic acids is 1. The maximum atomic E-state index is 10.7. The molecule has 0 aliphatic carbocycles. The Morgan fingerprint density at radius 2 is 1.95 bits per heavy atom. The molecule has 0 amide bonds. The Labute approximate surface area is 112 Å². The first-order valence-corrected chi connectivity index (χ1v) is 6.21. The van der Waals surface area contributed by atoms with E-state index in [1.165, 1.54) is 0 Å². The largest absolute Gasteiger partial charge is 0.490 e. The lowest BCUT2D eigenvalue weighted by molar-refractivity contribution is -0.136. The van der Waals surface area contributed by atoms with Crippen molar-refractivity contribution in [2.24, 2.45) is 0 Å². The number of ether oxygens (including phenoxy) is 2. The van der Waals surface area contributed by atoms with Crippen molar-refractivity contribution in [3.8, 4) is 5.75 Å². The van der Waals surface area contributed by atoms with Crippen LogP contribution in [0.3, 0.4) is 0 Å². The molecule has 0 heterocycles. The summed E-state index contributed by atoms with van der Waals surface area (Å²) < 4.78 is 10.7. The van der Waals surface area contributed by atoms with Crippen LogP contribution >= 0.6 is 0 Å². The molecule has 0 bridgehead atoms. The van der Waals surface area contributed by atoms with Crippen molar-refractivity contribution >= 4 is 5.97 Å². The highest BCUT2D eigenvalue weighted by atomic mass is 16.5. The zero-order chi connectivity index (χ0) is 14.3. The molecule has 1 atom stereocenters. The minimum atomic E-state index is -0.917. The first-order valence-electron chi connectivity index (χ1n) is 6.21. The maximum Gasteiger partial charge on any atom is 0.307 e. The van der Waals surface area contributed by atoms with Gasteiger partial charge in [-0.15, -0.1) is 0 Å². The number of aliphatic hydroxyl groups is 1. The molecule has 0 saturated carbocycles. The summed E-state index contributed by atoms with van der Waals surface area (Å²) in [5, 5.41) is 18.5. The van der Waals surface area contributed by atoms with Crippen molar-refractivity contribution in [3.05, 3.63) is 29.8 Å². The minimum Gasteiger partial charge on any atom is -0.490 e. The Bertz CT molecular complexity index is 403. The van der Waals surface area contributed by atoms with Gasteiger partial charge in [0.1, 0.15) is 18.5 Å². The maximum absolute atomic E-state index is 10.7. The number of carbonyl (C=O) groups is 1. The van der Waals surface area contributed by atoms with Gasteiger partial charge in [0, 0.05) is 5.56 Å². The monoisotopic (exact) mass is 268 g/mol. The molecule has 2 N–H and O–H groups in total. The van der Waals surface area contributed by atoms with Gasteiger partial charge in [0.15, 0.2) is 0 Å². The van der Waals surface area contributed by atoms with Crippen LogP contribution in [0.25, 0.3) is 0 Å². The molecule has 1 unspecified atom stereocenters. The van der Waals surface area contributed by atoms with E-state index in [4.69, 9.17) is 14.6 Å². The fourth-order valence-electron chi connectivity index (χ4n) is 1.49. The number of para-hydroxylation sites is 1. The second-order valence-electron chi connectivity index (χ2n) is 4.53. The second-order valence-corrected chi connectivity index (χ2v) is 4.53. The third-order valence-electron chi connectivity index (χ3n) is 2.37. The summed E-state index contributed by atoms with van der Waals surface area (Å²) in [6.07, 6.45) is -0.788. The molecule has 1 aromatic carbocycles. The lowest BCUT2D eigenvalue weighted by Gasteiger charge is -2.15. The van der Waals surface area contributed by atoms with E-state index in [0.29, 0.717) is 11.3 Å². The van der Waals surface area contributed by atoms with Crippen LogP contribution in [0.4, 0.5) is 0 Å². The Morgan fingerprint density at radius 1 is 1.26 bits per heavy atom. The van der Waals surface area contributed by atoms with Crippen molar-refractivity contribution in [2.75, 3.05) is 13.2 Å². The zero-order valence-corrected chi connectivity index (χ0v) is 11.2. The van der Waals surface area contributed by atoms with Crippen LogP contribution in [-0.2, 0) is 16.0 Å². The van der Waals surface area contributed by atoms with Gasteiger partial charge in [0.25, 0.3) is 0 Å². The van der Waals surface area contributed by atoms with Crippen molar-refractivity contribution in [3.63, 3.8) is 0 Å². The standard InChI is InChI=1S/C14H20O5/c1-10(2)18-8-12(15)9-19-13-6-4-3-5-11(13)7-14(16)17/h3-6,10,12,15H,7-9H2,1-2H3,(H,16,17). The Balaban J connectivity index is 2.50. The molecule has 1 aromatic rings. The number of aliphatic carboxylic acids is 1. The SMILES string of the molecule is CC(C)OCC(O)COc1ccccc1CC(=O)O. The van der Waals surface area contributed by atoms with Gasteiger partial charge >= 0.3 is 5.97 Å². The Hall–Kier alpha value is -1.59. The predicted octanol–water partition coefficient (Wildman–Crippen LogP) is 1.48. The lowest BCUT2D eigenvalue weighted by Crippen LogP contribution is -2.25. The van der Waals surface area contributed by atoms with Crippen LogP contribution in [0.2, 0.25) is 0 Å². The molecule has 0 aliphatic heterocycles. The average molecular weight is 268 g/mol. The number of hydrogen-bond donors (Lipinski definition) is 2. The molecule has 0 aromatic heterocycles. The Morgan fingerprint density at radius 3 is 2.58 bits per heavy atom. The number of carboxylic acid groups (broad SMARTS) is 1. The van der Waals surface area contributed by atoms with Gasteiger partial charge in [0.05, 0.1) is 19.1 Å². The third kappa shape index (κ3) is 6.22. The summed E-state index contributed by atoms with van der Waals surface area (Å²) >= 11 is 0. The molecule has 106 valence electrons. The topological polar surface area (TPSA) is 76.0 Å². The molecule has 0 fully saturated rings. The number of benzene rings is 1. The van der Waals surface area contributed by atoms with Crippen LogP contribution in [0.15, 0.2) is 24.3 Å². The van der Waals surface area contributed by atoms with Crippen molar-refractivity contribution in [2.45, 2.75) is 32.5 Å². The van der Waals surface area contributed by atoms with E-state index in [0.717, 1.165) is 0 Å². The number of hydrogen-bond acceptors (Lipinski definition) is 4. The van der Waals surface area contributed by atoms with E-state index in [2.05, 4.69) is 0 Å². The van der Waals surface area contributed by atoms with Gasteiger partial charge in [-0.05, 0) is 19.9 Å². The van der Waals surface area contributed by atoms with E-state index in [-0.39, 0.29) is 25.7 Å². The summed E-state index contributed by atoms with van der Waals surface area (Å²) in [7, 11) is 0. The first-order chi connectivity index (χ1) is 8.99. The van der Waals surface area contributed by atoms with Crippen molar-refractivity contribution in [1.29, 1.82) is 0 Å². The highest BCUT2D eigenvalue weighted by Crippen LogP contribution is 2.18. The summed E-state index contributed by atoms with van der Waals surface area (Å²) in [6, 6.07) is 6.90. The molecular formula is C14H20O5. The van der Waals surface area contributed by atoms with Crippen LogP contribution in [0, 0.1) is 0 Å². The summed E-state index contributed by atoms with van der Waals surface area (Å²) in [5.41, 5.74) is 0.590.